The topological polar surface area (TPSA) is 54.7 Å². The van der Waals surface area contributed by atoms with Crippen molar-refractivity contribution in [2.24, 2.45) is 0 Å². The van der Waals surface area contributed by atoms with Gasteiger partial charge >= 0.3 is 0 Å². The SMILES string of the molecule is Cc1c[nH]nc1C.c1cocn1. The summed E-state index contributed by atoms with van der Waals surface area (Å²) in [6.45, 7) is 4.00. The van der Waals surface area contributed by atoms with Gasteiger partial charge in [0.15, 0.2) is 6.39 Å². The summed E-state index contributed by atoms with van der Waals surface area (Å²) < 4.78 is 4.47. The second kappa shape index (κ2) is 4.33. The third-order valence-electron chi connectivity index (χ3n) is 1.43. The summed E-state index contributed by atoms with van der Waals surface area (Å²) in [7, 11) is 0. The molecule has 0 saturated carbocycles. The van der Waals surface area contributed by atoms with Crippen LogP contribution in [0.25, 0.3) is 0 Å². The number of hydrogen-bond donors (Lipinski definition) is 1. The van der Waals surface area contributed by atoms with Gasteiger partial charge in [0.05, 0.1) is 11.9 Å². The maximum absolute atomic E-state index is 4.47. The summed E-state index contributed by atoms with van der Waals surface area (Å²) in [5.41, 5.74) is 2.31. The molecule has 0 amide bonds. The molecule has 0 aliphatic carbocycles. The molecule has 12 heavy (non-hydrogen) atoms. The van der Waals surface area contributed by atoms with Gasteiger partial charge in [-0.3, -0.25) is 5.10 Å². The van der Waals surface area contributed by atoms with Gasteiger partial charge in [-0.15, -0.1) is 0 Å². The molecule has 64 valence electrons. The molecule has 0 bridgehead atoms. The van der Waals surface area contributed by atoms with E-state index in [1.54, 1.807) is 6.20 Å². The van der Waals surface area contributed by atoms with Crippen molar-refractivity contribution in [1.29, 1.82) is 0 Å². The Morgan fingerprint density at radius 2 is 2.25 bits per heavy atom. The molecule has 0 aliphatic heterocycles. The lowest BCUT2D eigenvalue weighted by molar-refractivity contribution is 0.558. The number of H-pyrrole nitrogens is 1. The van der Waals surface area contributed by atoms with Gasteiger partial charge in [-0.25, -0.2) is 4.98 Å². The van der Waals surface area contributed by atoms with E-state index in [9.17, 15) is 0 Å². The van der Waals surface area contributed by atoms with Crippen LogP contribution in [0, 0.1) is 13.8 Å². The second-order valence-electron chi connectivity index (χ2n) is 2.33. The Morgan fingerprint density at radius 3 is 2.42 bits per heavy atom. The molecule has 0 aromatic carbocycles. The maximum atomic E-state index is 4.47. The zero-order chi connectivity index (χ0) is 8.81. The lowest BCUT2D eigenvalue weighted by Gasteiger charge is -1.76. The number of rotatable bonds is 0. The average Bonchev–Trinajstić information content (AvgIpc) is 2.67. The van der Waals surface area contributed by atoms with Gasteiger partial charge in [0.2, 0.25) is 0 Å². The first-order valence-corrected chi connectivity index (χ1v) is 3.60. The predicted molar refractivity (Wildman–Crippen MR) is 44.6 cm³/mol. The number of nitrogens with one attached hydrogen (secondary N) is 1. The summed E-state index contributed by atoms with van der Waals surface area (Å²) in [6.07, 6.45) is 6.36. The van der Waals surface area contributed by atoms with Crippen molar-refractivity contribution >= 4 is 0 Å². The number of nitrogens with zero attached hydrogens (tertiary/aromatic N) is 2. The molecule has 4 heteroatoms. The minimum absolute atomic E-state index is 1.08. The van der Waals surface area contributed by atoms with Crippen LogP contribution in [0.2, 0.25) is 0 Å². The molecule has 4 nitrogen and oxygen atoms in total. The summed E-state index contributed by atoms with van der Waals surface area (Å²) in [4.78, 5) is 3.56. The zero-order valence-electron chi connectivity index (χ0n) is 7.11. The van der Waals surface area contributed by atoms with Gasteiger partial charge in [0.25, 0.3) is 0 Å². The summed E-state index contributed by atoms with van der Waals surface area (Å²) in [5, 5.41) is 6.64. The molecule has 0 atom stereocenters. The third-order valence-corrected chi connectivity index (χ3v) is 1.43. The highest BCUT2D eigenvalue weighted by Crippen LogP contribution is 1.96. The molecular weight excluding hydrogens is 154 g/mol. The minimum atomic E-state index is 1.08. The highest BCUT2D eigenvalue weighted by Gasteiger charge is 1.87. The Balaban J connectivity index is 0.000000127. The molecule has 2 aromatic heterocycles. The normalized spacial score (nSPS) is 8.83. The van der Waals surface area contributed by atoms with Crippen molar-refractivity contribution in [3.63, 3.8) is 0 Å². The average molecular weight is 165 g/mol. The van der Waals surface area contributed by atoms with Crippen LogP contribution in [0.4, 0.5) is 0 Å². The van der Waals surface area contributed by atoms with Gasteiger partial charge in [-0.05, 0) is 19.4 Å². The van der Waals surface area contributed by atoms with Crippen molar-refractivity contribution in [1.82, 2.24) is 15.2 Å². The molecule has 2 heterocycles. The smallest absolute Gasteiger partial charge is 0.180 e. The number of aryl methyl sites for hydroxylation is 2. The van der Waals surface area contributed by atoms with E-state index < -0.39 is 0 Å². The number of aromatic nitrogens is 3. The monoisotopic (exact) mass is 165 g/mol. The van der Waals surface area contributed by atoms with Crippen LogP contribution >= 0.6 is 0 Å². The Kier molecular flexibility index (Phi) is 3.07. The molecule has 2 aromatic rings. The van der Waals surface area contributed by atoms with Crippen LogP contribution in [-0.2, 0) is 0 Å². The van der Waals surface area contributed by atoms with Gasteiger partial charge in [-0.2, -0.15) is 5.10 Å². The number of oxazole rings is 1. The minimum Gasteiger partial charge on any atom is -0.452 e. The van der Waals surface area contributed by atoms with E-state index in [-0.39, 0.29) is 0 Å². The standard InChI is InChI=1S/C5H8N2.C3H3NO/c1-4-3-6-7-5(4)2;1-2-5-3-4-1/h3H,1-2H3,(H,6,7);1-3H. The van der Waals surface area contributed by atoms with E-state index in [4.69, 9.17) is 0 Å². The first-order valence-electron chi connectivity index (χ1n) is 3.60. The molecule has 1 N–H and O–H groups in total. The van der Waals surface area contributed by atoms with Gasteiger partial charge in [0, 0.05) is 6.20 Å². The fourth-order valence-electron chi connectivity index (χ4n) is 0.594. The lowest BCUT2D eigenvalue weighted by Crippen LogP contribution is -1.70. The molecule has 0 saturated heterocycles. The van der Waals surface area contributed by atoms with Crippen LogP contribution in [0.3, 0.4) is 0 Å². The molecule has 0 radical (unpaired) electrons. The predicted octanol–water partition coefficient (Wildman–Crippen LogP) is 1.70. The van der Waals surface area contributed by atoms with E-state index >= 15 is 0 Å². The largest absolute Gasteiger partial charge is 0.452 e. The number of hydrogen-bond acceptors (Lipinski definition) is 3. The summed E-state index contributed by atoms with van der Waals surface area (Å²) in [6, 6.07) is 0. The van der Waals surface area contributed by atoms with Crippen molar-refractivity contribution in [2.75, 3.05) is 0 Å². The van der Waals surface area contributed by atoms with Gasteiger partial charge < -0.3 is 4.42 Å². The quantitative estimate of drug-likeness (QED) is 0.646. The van der Waals surface area contributed by atoms with Crippen LogP contribution in [-0.4, -0.2) is 15.2 Å². The van der Waals surface area contributed by atoms with E-state index in [0.717, 1.165) is 5.69 Å². The van der Waals surface area contributed by atoms with E-state index in [0.29, 0.717) is 0 Å². The Labute approximate surface area is 70.6 Å². The zero-order valence-corrected chi connectivity index (χ0v) is 7.11. The van der Waals surface area contributed by atoms with E-state index in [2.05, 4.69) is 19.6 Å². The number of aromatic amines is 1. The van der Waals surface area contributed by atoms with Crippen LogP contribution in [0.15, 0.2) is 29.5 Å². The first-order chi connectivity index (χ1) is 5.80. The van der Waals surface area contributed by atoms with Crippen molar-refractivity contribution in [2.45, 2.75) is 13.8 Å². The molecule has 0 fully saturated rings. The first kappa shape index (κ1) is 8.52. The highest BCUT2D eigenvalue weighted by molar-refractivity contribution is 5.10. The Hall–Kier alpha value is -1.58. The maximum Gasteiger partial charge on any atom is 0.180 e. The third kappa shape index (κ3) is 2.57. The molecular formula is C8H11N3O. The van der Waals surface area contributed by atoms with Crippen LogP contribution < -0.4 is 0 Å². The van der Waals surface area contributed by atoms with Crippen molar-refractivity contribution < 1.29 is 4.42 Å². The van der Waals surface area contributed by atoms with E-state index in [1.165, 1.54) is 18.2 Å². The molecule has 0 aliphatic rings. The second-order valence-corrected chi connectivity index (χ2v) is 2.33. The fraction of sp³-hybridized carbons (Fsp3) is 0.250. The fourth-order valence-corrected chi connectivity index (χ4v) is 0.594. The lowest BCUT2D eigenvalue weighted by atomic mass is 10.3. The highest BCUT2D eigenvalue weighted by atomic mass is 16.3. The van der Waals surface area contributed by atoms with Gasteiger partial charge in [-0.1, -0.05) is 0 Å². The van der Waals surface area contributed by atoms with Crippen molar-refractivity contribution in [3.8, 4) is 0 Å². The van der Waals surface area contributed by atoms with Crippen LogP contribution in [0.1, 0.15) is 11.3 Å². The van der Waals surface area contributed by atoms with Crippen molar-refractivity contribution in [3.05, 3.63) is 36.3 Å². The molecule has 0 spiro atoms. The molecule has 0 unspecified atom stereocenters. The summed E-state index contributed by atoms with van der Waals surface area (Å²) >= 11 is 0. The Morgan fingerprint density at radius 1 is 1.42 bits per heavy atom. The Bertz CT molecular complexity index is 266. The van der Waals surface area contributed by atoms with Crippen LogP contribution in [0.5, 0.6) is 0 Å². The van der Waals surface area contributed by atoms with E-state index in [1.807, 2.05) is 20.0 Å². The summed E-state index contributed by atoms with van der Waals surface area (Å²) in [5.74, 6) is 0. The molecule has 2 rings (SSSR count). The van der Waals surface area contributed by atoms with Gasteiger partial charge in [0.1, 0.15) is 6.26 Å².